The smallest absolute Gasteiger partial charge is 0.271 e. The first-order valence-electron chi connectivity index (χ1n) is 5.49. The Hall–Kier alpha value is -1.94. The van der Waals surface area contributed by atoms with Gasteiger partial charge in [-0.15, -0.1) is 0 Å². The van der Waals surface area contributed by atoms with Gasteiger partial charge in [0.1, 0.15) is 0 Å². The molecule has 0 saturated heterocycles. The molecule has 0 amide bonds. The Morgan fingerprint density at radius 3 is 2.65 bits per heavy atom. The SMILES string of the molecule is CNCc1cc(-c2ccccc2)nn(C)c1=O. The molecule has 1 heterocycles. The summed E-state index contributed by atoms with van der Waals surface area (Å²) in [6.07, 6.45) is 0. The van der Waals surface area contributed by atoms with Gasteiger partial charge in [-0.05, 0) is 13.1 Å². The van der Waals surface area contributed by atoms with E-state index in [2.05, 4.69) is 10.4 Å². The van der Waals surface area contributed by atoms with E-state index >= 15 is 0 Å². The van der Waals surface area contributed by atoms with Gasteiger partial charge in [0.15, 0.2) is 0 Å². The zero-order valence-corrected chi connectivity index (χ0v) is 9.97. The predicted molar refractivity (Wildman–Crippen MR) is 67.7 cm³/mol. The van der Waals surface area contributed by atoms with Gasteiger partial charge in [0, 0.05) is 24.7 Å². The summed E-state index contributed by atoms with van der Waals surface area (Å²) in [7, 11) is 3.50. The molecule has 0 spiro atoms. The summed E-state index contributed by atoms with van der Waals surface area (Å²) < 4.78 is 1.38. The molecule has 4 heteroatoms. The van der Waals surface area contributed by atoms with Gasteiger partial charge in [0.25, 0.3) is 5.56 Å². The molecular weight excluding hydrogens is 214 g/mol. The summed E-state index contributed by atoms with van der Waals surface area (Å²) in [6.45, 7) is 0.551. The lowest BCUT2D eigenvalue weighted by atomic mass is 10.1. The first-order valence-corrected chi connectivity index (χ1v) is 5.49. The molecule has 0 fully saturated rings. The third-order valence-corrected chi connectivity index (χ3v) is 2.57. The van der Waals surface area contributed by atoms with Crippen LogP contribution in [-0.2, 0) is 13.6 Å². The Morgan fingerprint density at radius 1 is 1.29 bits per heavy atom. The van der Waals surface area contributed by atoms with Gasteiger partial charge in [0.05, 0.1) is 5.69 Å². The lowest BCUT2D eigenvalue weighted by Gasteiger charge is -2.07. The summed E-state index contributed by atoms with van der Waals surface area (Å²) in [5, 5.41) is 7.25. The van der Waals surface area contributed by atoms with E-state index in [9.17, 15) is 4.79 Å². The van der Waals surface area contributed by atoms with Crippen molar-refractivity contribution in [3.63, 3.8) is 0 Å². The molecule has 0 radical (unpaired) electrons. The summed E-state index contributed by atoms with van der Waals surface area (Å²) in [5.41, 5.74) is 2.50. The van der Waals surface area contributed by atoms with Crippen LogP contribution in [0.3, 0.4) is 0 Å². The predicted octanol–water partition coefficient (Wildman–Crippen LogP) is 1.17. The van der Waals surface area contributed by atoms with Crippen LogP contribution < -0.4 is 10.9 Å². The van der Waals surface area contributed by atoms with Crippen LogP contribution in [0, 0.1) is 0 Å². The molecule has 1 aromatic heterocycles. The van der Waals surface area contributed by atoms with Crippen molar-refractivity contribution in [2.45, 2.75) is 6.54 Å². The van der Waals surface area contributed by atoms with E-state index in [1.54, 1.807) is 7.05 Å². The number of nitrogens with one attached hydrogen (secondary N) is 1. The van der Waals surface area contributed by atoms with E-state index in [1.807, 2.05) is 43.4 Å². The number of aromatic nitrogens is 2. The topological polar surface area (TPSA) is 46.9 Å². The Bertz CT molecular complexity index is 561. The molecule has 0 bridgehead atoms. The highest BCUT2D eigenvalue weighted by molar-refractivity contribution is 5.58. The molecule has 0 unspecified atom stereocenters. The largest absolute Gasteiger partial charge is 0.315 e. The maximum absolute atomic E-state index is 11.8. The zero-order valence-electron chi connectivity index (χ0n) is 9.97. The van der Waals surface area contributed by atoms with Crippen molar-refractivity contribution in [1.29, 1.82) is 0 Å². The maximum Gasteiger partial charge on any atom is 0.271 e. The third kappa shape index (κ3) is 2.42. The minimum absolute atomic E-state index is 0.0565. The van der Waals surface area contributed by atoms with Crippen molar-refractivity contribution >= 4 is 0 Å². The standard InChI is InChI=1S/C13H15N3O/c1-14-9-11-8-12(15-16(2)13(11)17)10-6-4-3-5-7-10/h3-8,14H,9H2,1-2H3. The maximum atomic E-state index is 11.8. The monoisotopic (exact) mass is 229 g/mol. The van der Waals surface area contributed by atoms with Crippen molar-refractivity contribution in [2.24, 2.45) is 7.05 Å². The summed E-state index contributed by atoms with van der Waals surface area (Å²) in [6, 6.07) is 11.7. The van der Waals surface area contributed by atoms with Crippen molar-refractivity contribution in [3.8, 4) is 11.3 Å². The fraction of sp³-hybridized carbons (Fsp3) is 0.231. The zero-order chi connectivity index (χ0) is 12.3. The lowest BCUT2D eigenvalue weighted by Crippen LogP contribution is -2.26. The summed E-state index contributed by atoms with van der Waals surface area (Å²) >= 11 is 0. The first kappa shape index (κ1) is 11.5. The highest BCUT2D eigenvalue weighted by atomic mass is 16.1. The molecule has 88 valence electrons. The fourth-order valence-electron chi connectivity index (χ4n) is 1.74. The van der Waals surface area contributed by atoms with Crippen LogP contribution >= 0.6 is 0 Å². The van der Waals surface area contributed by atoms with Crippen molar-refractivity contribution in [1.82, 2.24) is 15.1 Å². The van der Waals surface area contributed by atoms with E-state index in [1.165, 1.54) is 4.68 Å². The van der Waals surface area contributed by atoms with Crippen molar-refractivity contribution in [3.05, 3.63) is 52.3 Å². The second kappa shape index (κ2) is 4.93. The van der Waals surface area contributed by atoms with Crippen molar-refractivity contribution < 1.29 is 0 Å². The Kier molecular flexibility index (Phi) is 3.35. The van der Waals surface area contributed by atoms with Crippen LogP contribution in [0.4, 0.5) is 0 Å². The highest BCUT2D eigenvalue weighted by Crippen LogP contribution is 2.15. The first-order chi connectivity index (χ1) is 8.22. The van der Waals surface area contributed by atoms with Crippen LogP contribution in [0.5, 0.6) is 0 Å². The van der Waals surface area contributed by atoms with E-state index in [0.29, 0.717) is 6.54 Å². The number of rotatable bonds is 3. The normalized spacial score (nSPS) is 10.5. The molecule has 0 saturated carbocycles. The average molecular weight is 229 g/mol. The molecule has 2 aromatic rings. The molecule has 2 rings (SSSR count). The van der Waals surface area contributed by atoms with Gasteiger partial charge in [-0.3, -0.25) is 4.79 Å². The lowest BCUT2D eigenvalue weighted by molar-refractivity contribution is 0.683. The number of hydrogen-bond donors (Lipinski definition) is 1. The van der Waals surface area contributed by atoms with Crippen LogP contribution in [0.1, 0.15) is 5.56 Å². The fourth-order valence-corrected chi connectivity index (χ4v) is 1.74. The quantitative estimate of drug-likeness (QED) is 0.859. The summed E-state index contributed by atoms with van der Waals surface area (Å²) in [5.74, 6) is 0. The molecule has 0 aliphatic carbocycles. The second-order valence-corrected chi connectivity index (χ2v) is 3.88. The average Bonchev–Trinajstić information content (AvgIpc) is 2.36. The van der Waals surface area contributed by atoms with Gasteiger partial charge >= 0.3 is 0 Å². The second-order valence-electron chi connectivity index (χ2n) is 3.88. The molecular formula is C13H15N3O. The molecule has 0 atom stereocenters. The van der Waals surface area contributed by atoms with Crippen LogP contribution in [0.2, 0.25) is 0 Å². The molecule has 1 aromatic carbocycles. The molecule has 0 aliphatic rings. The van der Waals surface area contributed by atoms with E-state index < -0.39 is 0 Å². The van der Waals surface area contributed by atoms with E-state index in [4.69, 9.17) is 0 Å². The van der Waals surface area contributed by atoms with Gasteiger partial charge in [-0.2, -0.15) is 5.10 Å². The minimum Gasteiger partial charge on any atom is -0.315 e. The Balaban J connectivity index is 2.53. The van der Waals surface area contributed by atoms with Gasteiger partial charge in [-0.25, -0.2) is 4.68 Å². The number of nitrogens with zero attached hydrogens (tertiary/aromatic N) is 2. The van der Waals surface area contributed by atoms with Gasteiger partial charge < -0.3 is 5.32 Å². The summed E-state index contributed by atoms with van der Waals surface area (Å²) in [4.78, 5) is 11.8. The number of aryl methyl sites for hydroxylation is 1. The van der Waals surface area contributed by atoms with Gasteiger partial charge in [0.2, 0.25) is 0 Å². The number of benzene rings is 1. The highest BCUT2D eigenvalue weighted by Gasteiger charge is 2.06. The molecule has 1 N–H and O–H groups in total. The molecule has 17 heavy (non-hydrogen) atoms. The van der Waals surface area contributed by atoms with Gasteiger partial charge in [-0.1, -0.05) is 30.3 Å². The molecule has 4 nitrogen and oxygen atoms in total. The van der Waals surface area contributed by atoms with Crippen LogP contribution in [-0.4, -0.2) is 16.8 Å². The Morgan fingerprint density at radius 2 is 2.00 bits per heavy atom. The van der Waals surface area contributed by atoms with E-state index in [-0.39, 0.29) is 5.56 Å². The van der Waals surface area contributed by atoms with Crippen LogP contribution in [0.25, 0.3) is 11.3 Å². The van der Waals surface area contributed by atoms with Crippen molar-refractivity contribution in [2.75, 3.05) is 7.05 Å². The van der Waals surface area contributed by atoms with E-state index in [0.717, 1.165) is 16.8 Å². The minimum atomic E-state index is -0.0565. The molecule has 0 aliphatic heterocycles. The Labute approximate surface area is 99.9 Å². The number of hydrogen-bond acceptors (Lipinski definition) is 3. The third-order valence-electron chi connectivity index (χ3n) is 2.57. The van der Waals surface area contributed by atoms with Crippen LogP contribution in [0.15, 0.2) is 41.2 Å².